The highest BCUT2D eigenvalue weighted by Gasteiger charge is 2.37. The van der Waals surface area contributed by atoms with Crippen molar-refractivity contribution in [2.45, 2.75) is 27.7 Å². The Morgan fingerprint density at radius 2 is 1.78 bits per heavy atom. The quantitative estimate of drug-likeness (QED) is 0.661. The van der Waals surface area contributed by atoms with Gasteiger partial charge in [-0.25, -0.2) is 0 Å². The zero-order valence-corrected chi connectivity index (χ0v) is 11.5. The Morgan fingerprint density at radius 1 is 1.17 bits per heavy atom. The van der Waals surface area contributed by atoms with Crippen molar-refractivity contribution in [2.75, 3.05) is 12.4 Å². The fourth-order valence-corrected chi connectivity index (χ4v) is 1.45. The number of ether oxygens (including phenoxy) is 1. The highest BCUT2D eigenvalue weighted by atomic mass is 16.5. The maximum Gasteiger partial charge on any atom is 0.320 e. The van der Waals surface area contributed by atoms with E-state index in [0.29, 0.717) is 5.69 Å². The lowest BCUT2D eigenvalue weighted by molar-refractivity contribution is -0.154. The van der Waals surface area contributed by atoms with Gasteiger partial charge in [0.25, 0.3) is 0 Å². The third kappa shape index (κ3) is 2.88. The lowest BCUT2D eigenvalue weighted by Crippen LogP contribution is -2.38. The van der Waals surface area contributed by atoms with E-state index in [1.54, 1.807) is 0 Å². The van der Waals surface area contributed by atoms with Crippen LogP contribution in [0.2, 0.25) is 0 Å². The van der Waals surface area contributed by atoms with Crippen LogP contribution >= 0.6 is 0 Å². The molecule has 1 rings (SSSR count). The molecule has 4 nitrogen and oxygen atoms in total. The van der Waals surface area contributed by atoms with Gasteiger partial charge >= 0.3 is 5.97 Å². The Kier molecular flexibility index (Phi) is 4.11. The van der Waals surface area contributed by atoms with Crippen LogP contribution in [0.3, 0.4) is 0 Å². The van der Waals surface area contributed by atoms with Crippen LogP contribution in [0.15, 0.2) is 18.2 Å². The first-order valence-electron chi connectivity index (χ1n) is 5.76. The van der Waals surface area contributed by atoms with Gasteiger partial charge in [0.05, 0.1) is 7.11 Å². The Morgan fingerprint density at radius 3 is 2.28 bits per heavy atom. The number of carbonyl (C=O) groups is 2. The summed E-state index contributed by atoms with van der Waals surface area (Å²) in [6.07, 6.45) is 0. The molecule has 0 heterocycles. The van der Waals surface area contributed by atoms with Crippen LogP contribution in [0, 0.1) is 19.3 Å². The number of nitrogens with one attached hydrogen (secondary N) is 1. The summed E-state index contributed by atoms with van der Waals surface area (Å²) in [5.74, 6) is -0.929. The molecule has 0 aliphatic carbocycles. The van der Waals surface area contributed by atoms with Crippen LogP contribution in [0.5, 0.6) is 0 Å². The summed E-state index contributed by atoms with van der Waals surface area (Å²) >= 11 is 0. The summed E-state index contributed by atoms with van der Waals surface area (Å²) in [5.41, 5.74) is 1.72. The summed E-state index contributed by atoms with van der Waals surface area (Å²) in [6.45, 7) is 7.04. The highest BCUT2D eigenvalue weighted by Crippen LogP contribution is 2.21. The Labute approximate surface area is 107 Å². The van der Waals surface area contributed by atoms with Crippen molar-refractivity contribution >= 4 is 17.6 Å². The molecular formula is C14H19NO3. The van der Waals surface area contributed by atoms with Gasteiger partial charge in [-0.05, 0) is 51.0 Å². The molecule has 0 fully saturated rings. The van der Waals surface area contributed by atoms with E-state index in [2.05, 4.69) is 10.1 Å². The number of esters is 1. The molecule has 18 heavy (non-hydrogen) atoms. The molecule has 4 heteroatoms. The molecule has 1 N–H and O–H groups in total. The zero-order valence-electron chi connectivity index (χ0n) is 11.5. The maximum absolute atomic E-state index is 12.0. The van der Waals surface area contributed by atoms with Crippen LogP contribution in [-0.2, 0) is 14.3 Å². The number of amides is 1. The van der Waals surface area contributed by atoms with Crippen LogP contribution in [0.1, 0.15) is 25.0 Å². The van der Waals surface area contributed by atoms with Crippen LogP contribution in [0.25, 0.3) is 0 Å². The number of hydrogen-bond acceptors (Lipinski definition) is 3. The zero-order chi connectivity index (χ0) is 13.9. The molecule has 0 atom stereocenters. The summed E-state index contributed by atoms with van der Waals surface area (Å²) in [4.78, 5) is 23.5. The molecular weight excluding hydrogens is 230 g/mol. The third-order valence-corrected chi connectivity index (χ3v) is 3.03. The van der Waals surface area contributed by atoms with Crippen LogP contribution < -0.4 is 5.32 Å². The van der Waals surface area contributed by atoms with E-state index in [1.807, 2.05) is 32.0 Å². The first-order chi connectivity index (χ1) is 8.28. The first-order valence-corrected chi connectivity index (χ1v) is 5.76. The van der Waals surface area contributed by atoms with Gasteiger partial charge in [0.1, 0.15) is 5.41 Å². The average molecular weight is 249 g/mol. The molecule has 0 spiro atoms. The van der Waals surface area contributed by atoms with E-state index in [9.17, 15) is 9.59 Å². The van der Waals surface area contributed by atoms with Gasteiger partial charge in [-0.1, -0.05) is 6.07 Å². The van der Waals surface area contributed by atoms with Crippen molar-refractivity contribution < 1.29 is 14.3 Å². The monoisotopic (exact) mass is 249 g/mol. The molecule has 0 aliphatic heterocycles. The minimum Gasteiger partial charge on any atom is -0.468 e. The van der Waals surface area contributed by atoms with E-state index in [4.69, 9.17) is 0 Å². The fourth-order valence-electron chi connectivity index (χ4n) is 1.45. The minimum atomic E-state index is -1.20. The smallest absolute Gasteiger partial charge is 0.320 e. The molecule has 1 amide bonds. The van der Waals surface area contributed by atoms with Crippen molar-refractivity contribution in [3.8, 4) is 0 Å². The van der Waals surface area contributed by atoms with E-state index in [-0.39, 0.29) is 5.91 Å². The molecule has 98 valence electrons. The van der Waals surface area contributed by atoms with Gasteiger partial charge in [0.15, 0.2) is 0 Å². The SMILES string of the molecule is COC(=O)C(C)(C)C(=O)Nc1ccc(C)c(C)c1. The van der Waals surface area contributed by atoms with Crippen LogP contribution in [0.4, 0.5) is 5.69 Å². The summed E-state index contributed by atoms with van der Waals surface area (Å²) in [5, 5.41) is 2.73. The van der Waals surface area contributed by atoms with Gasteiger partial charge in [-0.15, -0.1) is 0 Å². The van der Waals surface area contributed by atoms with Crippen LogP contribution in [-0.4, -0.2) is 19.0 Å². The normalized spacial score (nSPS) is 10.9. The second kappa shape index (κ2) is 5.21. The number of aryl methyl sites for hydroxylation is 2. The molecule has 1 aromatic carbocycles. The first kappa shape index (κ1) is 14.2. The average Bonchev–Trinajstić information content (AvgIpc) is 2.32. The molecule has 0 aliphatic rings. The molecule has 0 radical (unpaired) electrons. The molecule has 0 saturated heterocycles. The predicted octanol–water partition coefficient (Wildman–Crippen LogP) is 2.44. The summed E-state index contributed by atoms with van der Waals surface area (Å²) in [6, 6.07) is 5.62. The third-order valence-electron chi connectivity index (χ3n) is 3.03. The molecule has 0 bridgehead atoms. The number of carbonyl (C=O) groups excluding carboxylic acids is 2. The molecule has 0 unspecified atom stereocenters. The van der Waals surface area contributed by atoms with E-state index < -0.39 is 11.4 Å². The van der Waals surface area contributed by atoms with E-state index in [1.165, 1.54) is 21.0 Å². The lowest BCUT2D eigenvalue weighted by atomic mass is 9.92. The summed E-state index contributed by atoms with van der Waals surface area (Å²) < 4.78 is 4.62. The Balaban J connectivity index is 2.87. The summed E-state index contributed by atoms with van der Waals surface area (Å²) in [7, 11) is 1.27. The molecule has 0 aromatic heterocycles. The Hall–Kier alpha value is -1.84. The fraction of sp³-hybridized carbons (Fsp3) is 0.429. The van der Waals surface area contributed by atoms with E-state index >= 15 is 0 Å². The number of hydrogen-bond donors (Lipinski definition) is 1. The second-order valence-electron chi connectivity index (χ2n) is 4.87. The van der Waals surface area contributed by atoms with Crippen molar-refractivity contribution in [3.05, 3.63) is 29.3 Å². The number of benzene rings is 1. The van der Waals surface area contributed by atoms with Crippen molar-refractivity contribution in [2.24, 2.45) is 5.41 Å². The lowest BCUT2D eigenvalue weighted by Gasteiger charge is -2.20. The predicted molar refractivity (Wildman–Crippen MR) is 70.3 cm³/mol. The van der Waals surface area contributed by atoms with Crippen molar-refractivity contribution in [3.63, 3.8) is 0 Å². The van der Waals surface area contributed by atoms with Crippen molar-refractivity contribution in [1.82, 2.24) is 0 Å². The molecule has 1 aromatic rings. The number of anilines is 1. The second-order valence-corrected chi connectivity index (χ2v) is 4.87. The standard InChI is InChI=1S/C14H19NO3/c1-9-6-7-11(8-10(9)2)15-12(16)14(3,4)13(17)18-5/h6-8H,1-5H3,(H,15,16). The largest absolute Gasteiger partial charge is 0.468 e. The Bertz CT molecular complexity index is 478. The van der Waals surface area contributed by atoms with Gasteiger partial charge in [-0.2, -0.15) is 0 Å². The maximum atomic E-state index is 12.0. The van der Waals surface area contributed by atoms with E-state index in [0.717, 1.165) is 11.1 Å². The van der Waals surface area contributed by atoms with Crippen molar-refractivity contribution in [1.29, 1.82) is 0 Å². The highest BCUT2D eigenvalue weighted by molar-refractivity contribution is 6.08. The van der Waals surface area contributed by atoms with Gasteiger partial charge < -0.3 is 10.1 Å². The number of rotatable bonds is 3. The molecule has 0 saturated carbocycles. The minimum absolute atomic E-state index is 0.377. The van der Waals surface area contributed by atoms with Gasteiger partial charge in [0, 0.05) is 5.69 Å². The van der Waals surface area contributed by atoms with Gasteiger partial charge in [-0.3, -0.25) is 9.59 Å². The van der Waals surface area contributed by atoms with Gasteiger partial charge in [0.2, 0.25) is 5.91 Å². The number of methoxy groups -OCH3 is 1. The topological polar surface area (TPSA) is 55.4 Å².